The Morgan fingerprint density at radius 3 is 2.73 bits per heavy atom. The lowest BCUT2D eigenvalue weighted by Crippen LogP contribution is -2.24. The van der Waals surface area contributed by atoms with Gasteiger partial charge in [-0.15, -0.1) is 0 Å². The van der Waals surface area contributed by atoms with Gasteiger partial charge < -0.3 is 11.2 Å². The number of hydrogen-bond acceptors (Lipinski definition) is 3. The van der Waals surface area contributed by atoms with E-state index >= 15 is 0 Å². The van der Waals surface area contributed by atoms with Crippen LogP contribution in [0.25, 0.3) is 0 Å². The first-order valence-electron chi connectivity index (χ1n) is 3.51. The van der Waals surface area contributed by atoms with Crippen molar-refractivity contribution in [3.63, 3.8) is 0 Å². The van der Waals surface area contributed by atoms with Crippen molar-refractivity contribution >= 4 is 0 Å². The van der Waals surface area contributed by atoms with Crippen LogP contribution in [0.2, 0.25) is 0 Å². The molecule has 0 unspecified atom stereocenters. The van der Waals surface area contributed by atoms with Gasteiger partial charge in [0.15, 0.2) is 0 Å². The summed E-state index contributed by atoms with van der Waals surface area (Å²) < 4.78 is 0. The maximum absolute atomic E-state index is 4.88. The van der Waals surface area contributed by atoms with Crippen molar-refractivity contribution in [2.75, 3.05) is 13.6 Å². The molecule has 0 atom stereocenters. The van der Waals surface area contributed by atoms with E-state index in [-0.39, 0.29) is 0 Å². The van der Waals surface area contributed by atoms with Crippen molar-refractivity contribution in [3.8, 4) is 0 Å². The summed E-state index contributed by atoms with van der Waals surface area (Å²) in [5.74, 6) is 5.77. The molecule has 0 aromatic rings. The van der Waals surface area contributed by atoms with Gasteiger partial charge in [-0.25, -0.2) is 5.01 Å². The Balaban J connectivity index is 4.03. The average Bonchev–Trinajstić information content (AvgIpc) is 2.00. The fraction of sp³-hybridized carbons (Fsp3) is 0.667. The van der Waals surface area contributed by atoms with Gasteiger partial charge in [-0.2, -0.15) is 0 Å². The second-order valence-electron chi connectivity index (χ2n) is 1.93. The molecule has 0 aliphatic heterocycles. The second-order valence-corrected chi connectivity index (χ2v) is 1.93. The third kappa shape index (κ3) is 3.44. The predicted octanol–water partition coefficient (Wildman–Crippen LogP) is 0.630. The van der Waals surface area contributed by atoms with Crippen molar-refractivity contribution < 1.29 is 0 Å². The van der Waals surface area contributed by atoms with Crippen LogP contribution in [0.3, 0.4) is 0 Å². The van der Waals surface area contributed by atoms with E-state index in [9.17, 15) is 0 Å². The highest BCUT2D eigenvalue weighted by Gasteiger charge is 1.97. The minimum Gasteiger partial charge on any atom is -0.371 e. The monoisotopic (exact) mass is 157 g/mol. The zero-order valence-corrected chi connectivity index (χ0v) is 7.20. The Labute approximate surface area is 66.9 Å². The van der Waals surface area contributed by atoms with Crippen molar-refractivity contribution in [2.24, 2.45) is 16.3 Å². The summed E-state index contributed by atoms with van der Waals surface area (Å²) in [6, 6.07) is 0. The Kier molecular flexibility index (Phi) is 4.89. The lowest BCUT2D eigenvalue weighted by atomic mass is 10.5. The molecule has 11 heavy (non-hydrogen) atoms. The van der Waals surface area contributed by atoms with E-state index in [0.717, 1.165) is 12.4 Å². The van der Waals surface area contributed by atoms with Crippen LogP contribution >= 0.6 is 0 Å². The van der Waals surface area contributed by atoms with Crippen molar-refractivity contribution in [2.45, 2.75) is 13.8 Å². The van der Waals surface area contributed by atoms with E-state index in [1.165, 1.54) is 0 Å². The number of nitrogens with one attached hydrogen (secondary N) is 1. The summed E-state index contributed by atoms with van der Waals surface area (Å²) in [5.41, 5.74) is 0. The predicted molar refractivity (Wildman–Crippen MR) is 44.2 cm³/mol. The number of allylic oxidation sites excluding steroid dienone is 1. The number of rotatable bonds is 4. The second kappa shape index (κ2) is 5.52. The average molecular weight is 157 g/mol. The fourth-order valence-corrected chi connectivity index (χ4v) is 0.710. The van der Waals surface area contributed by atoms with Gasteiger partial charge in [0.2, 0.25) is 0 Å². The molecule has 0 aromatic carbocycles. The number of hydrogen-bond donors (Lipinski definition) is 2. The minimum atomic E-state index is 0.851. The van der Waals surface area contributed by atoms with E-state index in [2.05, 4.69) is 15.8 Å². The summed E-state index contributed by atoms with van der Waals surface area (Å²) >= 11 is 0. The summed E-state index contributed by atoms with van der Waals surface area (Å²) in [4.78, 5) is 0. The molecule has 0 fully saturated rings. The molecule has 0 saturated carbocycles. The molecule has 0 saturated heterocycles. The summed E-state index contributed by atoms with van der Waals surface area (Å²) in [7, 11) is 1.77. The highest BCUT2D eigenvalue weighted by Crippen LogP contribution is 1.96. The quantitative estimate of drug-likeness (QED) is 0.357. The largest absolute Gasteiger partial charge is 0.371 e. The molecular weight excluding hydrogens is 142 g/mol. The zero-order chi connectivity index (χ0) is 8.69. The van der Waals surface area contributed by atoms with E-state index in [4.69, 9.17) is 5.84 Å². The zero-order valence-electron chi connectivity index (χ0n) is 7.20. The molecule has 0 amide bonds. The molecule has 0 rings (SSSR count). The normalized spacial score (nSPS) is 12.1. The standard InChI is InChI=1S/C6H15N5/c1-4-6(8-5-2)11(3)10-9-7/h4,8H,5H2,1-3H3,(H2,7,10)/b6-4-. The first-order chi connectivity index (χ1) is 5.26. The highest BCUT2D eigenvalue weighted by molar-refractivity contribution is 4.93. The van der Waals surface area contributed by atoms with Crippen LogP contribution in [0.5, 0.6) is 0 Å². The van der Waals surface area contributed by atoms with Gasteiger partial charge >= 0.3 is 0 Å². The van der Waals surface area contributed by atoms with Gasteiger partial charge in [-0.3, -0.25) is 0 Å². The minimum absolute atomic E-state index is 0.851. The van der Waals surface area contributed by atoms with Crippen LogP contribution in [0.4, 0.5) is 0 Å². The van der Waals surface area contributed by atoms with Crippen LogP contribution in [0.15, 0.2) is 22.3 Å². The van der Waals surface area contributed by atoms with Crippen LogP contribution < -0.4 is 11.2 Å². The highest BCUT2D eigenvalue weighted by atomic mass is 15.6. The smallest absolute Gasteiger partial charge is 0.119 e. The van der Waals surface area contributed by atoms with Gasteiger partial charge in [0, 0.05) is 13.6 Å². The van der Waals surface area contributed by atoms with Gasteiger partial charge in [0.05, 0.1) is 0 Å². The molecular formula is C6H15N5. The van der Waals surface area contributed by atoms with E-state index in [1.54, 1.807) is 12.1 Å². The topological polar surface area (TPSA) is 66.0 Å². The van der Waals surface area contributed by atoms with E-state index < -0.39 is 0 Å². The Bertz CT molecular complexity index is 151. The first kappa shape index (κ1) is 9.74. The Morgan fingerprint density at radius 2 is 2.36 bits per heavy atom. The van der Waals surface area contributed by atoms with Crippen LogP contribution in [0, 0.1) is 0 Å². The molecule has 0 radical (unpaired) electrons. The molecule has 64 valence electrons. The van der Waals surface area contributed by atoms with E-state index in [0.29, 0.717) is 0 Å². The van der Waals surface area contributed by atoms with Gasteiger partial charge in [0.1, 0.15) is 5.82 Å². The van der Waals surface area contributed by atoms with Crippen LogP contribution in [-0.2, 0) is 0 Å². The fourth-order valence-electron chi connectivity index (χ4n) is 0.710. The molecule has 3 N–H and O–H groups in total. The van der Waals surface area contributed by atoms with Gasteiger partial charge in [-0.1, -0.05) is 5.22 Å². The summed E-state index contributed by atoms with van der Waals surface area (Å²) in [5, 5.41) is 11.4. The van der Waals surface area contributed by atoms with Crippen LogP contribution in [-0.4, -0.2) is 18.6 Å². The third-order valence-electron chi connectivity index (χ3n) is 1.17. The lowest BCUT2D eigenvalue weighted by molar-refractivity contribution is 0.377. The van der Waals surface area contributed by atoms with Crippen molar-refractivity contribution in [1.29, 1.82) is 0 Å². The molecule has 5 heteroatoms. The SMILES string of the molecule is C/C=C(/NCC)N(C)/N=N\N. The first-order valence-corrected chi connectivity index (χ1v) is 3.51. The Hall–Kier alpha value is -1.26. The number of nitrogens with zero attached hydrogens (tertiary/aromatic N) is 3. The maximum atomic E-state index is 4.88. The molecule has 0 aliphatic carbocycles. The van der Waals surface area contributed by atoms with Gasteiger partial charge in [-0.05, 0) is 25.1 Å². The lowest BCUT2D eigenvalue weighted by Gasteiger charge is -2.15. The molecule has 5 nitrogen and oxygen atoms in total. The molecule has 0 aliphatic rings. The maximum Gasteiger partial charge on any atom is 0.119 e. The van der Waals surface area contributed by atoms with Crippen molar-refractivity contribution in [3.05, 3.63) is 11.9 Å². The number of nitrogens with two attached hydrogens (primary N) is 1. The molecule has 0 spiro atoms. The van der Waals surface area contributed by atoms with Crippen LogP contribution in [0.1, 0.15) is 13.8 Å². The summed E-state index contributed by atoms with van der Waals surface area (Å²) in [6.07, 6.45) is 1.90. The molecule has 0 heterocycles. The van der Waals surface area contributed by atoms with Crippen molar-refractivity contribution in [1.82, 2.24) is 10.3 Å². The third-order valence-corrected chi connectivity index (χ3v) is 1.17. The van der Waals surface area contributed by atoms with Gasteiger partial charge in [0.25, 0.3) is 0 Å². The molecule has 0 bridgehead atoms. The van der Waals surface area contributed by atoms with E-state index in [1.807, 2.05) is 19.9 Å². The summed E-state index contributed by atoms with van der Waals surface area (Å²) in [6.45, 7) is 4.78. The molecule has 0 aromatic heterocycles. The Morgan fingerprint density at radius 1 is 1.73 bits per heavy atom.